The first-order valence-electron chi connectivity index (χ1n) is 10.2. The van der Waals surface area contributed by atoms with Gasteiger partial charge in [-0.1, -0.05) is 25.7 Å². The standard InChI is InChI=1S/C21H26F3N3O/c22-21(23,24)16-6-7-19-18(13-16)25-14-27(19)17-9-11-26(12-10-17)20(28)8-5-15-3-1-2-4-15/h6-7,13-15,17H,1-5,8-12H2. The lowest BCUT2D eigenvalue weighted by Crippen LogP contribution is -2.39. The minimum atomic E-state index is -4.36. The second kappa shape index (κ2) is 7.76. The topological polar surface area (TPSA) is 38.1 Å². The highest BCUT2D eigenvalue weighted by Crippen LogP contribution is 2.33. The fraction of sp³-hybridized carbons (Fsp3) is 0.619. The number of imidazole rings is 1. The Morgan fingerprint density at radius 1 is 1.11 bits per heavy atom. The molecule has 0 radical (unpaired) electrons. The zero-order valence-corrected chi connectivity index (χ0v) is 15.9. The number of alkyl halides is 3. The van der Waals surface area contributed by atoms with Gasteiger partial charge >= 0.3 is 6.18 Å². The van der Waals surface area contributed by atoms with E-state index in [0.29, 0.717) is 25.0 Å². The third kappa shape index (κ3) is 4.03. The summed E-state index contributed by atoms with van der Waals surface area (Å²) >= 11 is 0. The highest BCUT2D eigenvalue weighted by Gasteiger charge is 2.31. The Morgan fingerprint density at radius 3 is 2.50 bits per heavy atom. The summed E-state index contributed by atoms with van der Waals surface area (Å²) in [5.74, 6) is 0.969. The molecule has 7 heteroatoms. The number of rotatable bonds is 4. The van der Waals surface area contributed by atoms with Crippen molar-refractivity contribution in [3.05, 3.63) is 30.1 Å². The van der Waals surface area contributed by atoms with Crippen LogP contribution in [0, 0.1) is 5.92 Å². The molecule has 2 aromatic rings. The van der Waals surface area contributed by atoms with Gasteiger partial charge in [-0.3, -0.25) is 4.79 Å². The number of hydrogen-bond donors (Lipinski definition) is 0. The Bertz CT molecular complexity index is 831. The average Bonchev–Trinajstić information content (AvgIpc) is 3.34. The number of piperidine rings is 1. The van der Waals surface area contributed by atoms with Crippen LogP contribution < -0.4 is 0 Å². The first-order chi connectivity index (χ1) is 13.4. The molecule has 28 heavy (non-hydrogen) atoms. The molecule has 4 nitrogen and oxygen atoms in total. The third-order valence-corrected chi connectivity index (χ3v) is 6.35. The number of amides is 1. The van der Waals surface area contributed by atoms with Crippen molar-refractivity contribution in [1.29, 1.82) is 0 Å². The number of benzene rings is 1. The molecule has 0 unspecified atom stereocenters. The lowest BCUT2D eigenvalue weighted by molar-refractivity contribution is -0.137. The van der Waals surface area contributed by atoms with Crippen LogP contribution in [0.2, 0.25) is 0 Å². The molecule has 1 saturated heterocycles. The van der Waals surface area contributed by atoms with Crippen LogP contribution in [-0.4, -0.2) is 33.4 Å². The molecular weight excluding hydrogens is 367 g/mol. The number of carbonyl (C=O) groups is 1. The van der Waals surface area contributed by atoms with Crippen LogP contribution in [0.5, 0.6) is 0 Å². The van der Waals surface area contributed by atoms with E-state index in [2.05, 4.69) is 4.98 Å². The molecule has 0 spiro atoms. The molecule has 4 rings (SSSR count). The van der Waals surface area contributed by atoms with E-state index < -0.39 is 11.7 Å². The zero-order chi connectivity index (χ0) is 19.7. The first kappa shape index (κ1) is 19.3. The van der Waals surface area contributed by atoms with Crippen LogP contribution in [-0.2, 0) is 11.0 Å². The summed E-state index contributed by atoms with van der Waals surface area (Å²) in [4.78, 5) is 18.6. The number of halogens is 3. The fourth-order valence-electron chi connectivity index (χ4n) is 4.68. The summed E-state index contributed by atoms with van der Waals surface area (Å²) in [5, 5.41) is 0. The highest BCUT2D eigenvalue weighted by atomic mass is 19.4. The van der Waals surface area contributed by atoms with Crippen molar-refractivity contribution in [2.75, 3.05) is 13.1 Å². The maximum atomic E-state index is 12.9. The van der Waals surface area contributed by atoms with Crippen molar-refractivity contribution < 1.29 is 18.0 Å². The molecule has 1 aliphatic carbocycles. The van der Waals surface area contributed by atoms with Crippen LogP contribution in [0.15, 0.2) is 24.5 Å². The van der Waals surface area contributed by atoms with Gasteiger partial charge in [0.15, 0.2) is 0 Å². The normalized spacial score (nSPS) is 19.6. The highest BCUT2D eigenvalue weighted by molar-refractivity contribution is 5.77. The van der Waals surface area contributed by atoms with Crippen LogP contribution in [0.1, 0.15) is 63.0 Å². The number of carbonyl (C=O) groups excluding carboxylic acids is 1. The molecule has 0 atom stereocenters. The van der Waals surface area contributed by atoms with E-state index in [1.54, 1.807) is 6.33 Å². The van der Waals surface area contributed by atoms with E-state index in [4.69, 9.17) is 0 Å². The first-order valence-corrected chi connectivity index (χ1v) is 10.2. The third-order valence-electron chi connectivity index (χ3n) is 6.35. The number of likely N-dealkylation sites (tertiary alicyclic amines) is 1. The number of nitrogens with zero attached hydrogens (tertiary/aromatic N) is 3. The summed E-state index contributed by atoms with van der Waals surface area (Å²) < 4.78 is 40.6. The molecule has 1 amide bonds. The summed E-state index contributed by atoms with van der Waals surface area (Å²) in [5.41, 5.74) is 0.414. The number of aromatic nitrogens is 2. The van der Waals surface area contributed by atoms with Gasteiger partial charge in [-0.2, -0.15) is 13.2 Å². The second-order valence-electron chi connectivity index (χ2n) is 8.15. The van der Waals surface area contributed by atoms with Crippen LogP contribution in [0.4, 0.5) is 13.2 Å². The Labute approximate surface area is 162 Å². The minimum absolute atomic E-state index is 0.167. The maximum absolute atomic E-state index is 12.9. The molecular formula is C21H26F3N3O. The molecule has 1 saturated carbocycles. The lowest BCUT2D eigenvalue weighted by Gasteiger charge is -2.33. The van der Waals surface area contributed by atoms with Crippen molar-refractivity contribution in [2.24, 2.45) is 5.92 Å². The van der Waals surface area contributed by atoms with Crippen molar-refractivity contribution in [2.45, 2.75) is 63.6 Å². The number of fused-ring (bicyclic) bond motifs is 1. The van der Waals surface area contributed by atoms with E-state index in [9.17, 15) is 18.0 Å². The predicted molar refractivity (Wildman–Crippen MR) is 101 cm³/mol. The van der Waals surface area contributed by atoms with E-state index in [0.717, 1.165) is 42.8 Å². The summed E-state index contributed by atoms with van der Waals surface area (Å²) in [6, 6.07) is 3.89. The van der Waals surface area contributed by atoms with E-state index in [1.165, 1.54) is 31.7 Å². The van der Waals surface area contributed by atoms with Gasteiger partial charge in [0, 0.05) is 25.6 Å². The Morgan fingerprint density at radius 2 is 1.82 bits per heavy atom. The summed E-state index contributed by atoms with van der Waals surface area (Å²) in [6.07, 6.45) is 5.66. The Hall–Kier alpha value is -2.05. The van der Waals surface area contributed by atoms with Crippen molar-refractivity contribution >= 4 is 16.9 Å². The Kier molecular flexibility index (Phi) is 5.34. The molecule has 1 aromatic heterocycles. The van der Waals surface area contributed by atoms with E-state index >= 15 is 0 Å². The molecule has 0 N–H and O–H groups in total. The molecule has 2 aliphatic rings. The Balaban J connectivity index is 1.36. The lowest BCUT2D eigenvalue weighted by atomic mass is 10.00. The smallest absolute Gasteiger partial charge is 0.343 e. The SMILES string of the molecule is O=C(CCC1CCCC1)N1CCC(n2cnc3cc(C(F)(F)F)ccc32)CC1. The van der Waals surface area contributed by atoms with Gasteiger partial charge in [-0.25, -0.2) is 4.98 Å². The summed E-state index contributed by atoms with van der Waals surface area (Å²) in [7, 11) is 0. The van der Waals surface area contributed by atoms with Crippen LogP contribution in [0.3, 0.4) is 0 Å². The molecule has 0 bridgehead atoms. The van der Waals surface area contributed by atoms with Crippen molar-refractivity contribution in [3.63, 3.8) is 0 Å². The van der Waals surface area contributed by atoms with Gasteiger partial charge in [0.05, 0.1) is 22.9 Å². The number of hydrogen-bond acceptors (Lipinski definition) is 2. The van der Waals surface area contributed by atoms with Gasteiger partial charge in [0.25, 0.3) is 0 Å². The summed E-state index contributed by atoms with van der Waals surface area (Å²) in [6.45, 7) is 1.41. The maximum Gasteiger partial charge on any atom is 0.416 e. The van der Waals surface area contributed by atoms with Crippen LogP contribution >= 0.6 is 0 Å². The monoisotopic (exact) mass is 393 g/mol. The van der Waals surface area contributed by atoms with Crippen molar-refractivity contribution in [1.82, 2.24) is 14.5 Å². The van der Waals surface area contributed by atoms with Gasteiger partial charge in [0.2, 0.25) is 5.91 Å². The van der Waals surface area contributed by atoms with E-state index in [1.807, 2.05) is 9.47 Å². The largest absolute Gasteiger partial charge is 0.416 e. The minimum Gasteiger partial charge on any atom is -0.343 e. The van der Waals surface area contributed by atoms with Gasteiger partial charge in [-0.15, -0.1) is 0 Å². The average molecular weight is 393 g/mol. The molecule has 1 aromatic carbocycles. The van der Waals surface area contributed by atoms with Crippen molar-refractivity contribution in [3.8, 4) is 0 Å². The molecule has 152 valence electrons. The quantitative estimate of drug-likeness (QED) is 0.717. The predicted octanol–water partition coefficient (Wildman–Crippen LogP) is 5.19. The van der Waals surface area contributed by atoms with Gasteiger partial charge < -0.3 is 9.47 Å². The molecule has 2 heterocycles. The zero-order valence-electron chi connectivity index (χ0n) is 15.9. The van der Waals surface area contributed by atoms with E-state index in [-0.39, 0.29) is 11.9 Å². The molecule has 2 fully saturated rings. The van der Waals surface area contributed by atoms with Crippen LogP contribution in [0.25, 0.3) is 11.0 Å². The molecule has 1 aliphatic heterocycles. The van der Waals surface area contributed by atoms with Gasteiger partial charge in [0.1, 0.15) is 0 Å². The van der Waals surface area contributed by atoms with Gasteiger partial charge in [-0.05, 0) is 43.4 Å². The fourth-order valence-corrected chi connectivity index (χ4v) is 4.68. The second-order valence-corrected chi connectivity index (χ2v) is 8.15.